The predicted octanol–water partition coefficient (Wildman–Crippen LogP) is 1.27. The molecule has 10 heteroatoms. The lowest BCUT2D eigenvalue weighted by Crippen LogP contribution is -2.25. The zero-order valence-corrected chi connectivity index (χ0v) is 15.3. The number of sulfone groups is 1. The molecule has 0 bridgehead atoms. The molecule has 0 saturated carbocycles. The molecule has 0 aromatic heterocycles. The number of carbonyl (C=O) groups is 2. The number of benzene rings is 1. The summed E-state index contributed by atoms with van der Waals surface area (Å²) in [6.45, 7) is -0.540. The molecule has 0 spiro atoms. The highest BCUT2D eigenvalue weighted by Gasteiger charge is 2.34. The molecule has 1 saturated heterocycles. The van der Waals surface area contributed by atoms with Gasteiger partial charge in [0.15, 0.2) is 16.4 Å². The summed E-state index contributed by atoms with van der Waals surface area (Å²) in [6.07, 6.45) is 0.213. The van der Waals surface area contributed by atoms with Crippen LogP contribution in [0.25, 0.3) is 0 Å². The molecule has 1 aliphatic rings. The number of rotatable bonds is 6. The quantitative estimate of drug-likeness (QED) is 0.727. The van der Waals surface area contributed by atoms with Crippen molar-refractivity contribution in [3.63, 3.8) is 0 Å². The predicted molar refractivity (Wildman–Crippen MR) is 90.9 cm³/mol. The summed E-state index contributed by atoms with van der Waals surface area (Å²) in [7, 11) is -0.331. The van der Waals surface area contributed by atoms with E-state index in [1.807, 2.05) is 0 Å². The number of methoxy groups -OCH3 is 2. The summed E-state index contributed by atoms with van der Waals surface area (Å²) in [5.74, 6) is -1.60. The van der Waals surface area contributed by atoms with Crippen LogP contribution in [-0.4, -0.2) is 52.6 Å². The zero-order valence-electron chi connectivity index (χ0n) is 13.7. The number of ether oxygens (including phenoxy) is 3. The fourth-order valence-corrected chi connectivity index (χ4v) is 4.35. The minimum atomic E-state index is -3.19. The lowest BCUT2D eigenvalue weighted by molar-refractivity contribution is -0.150. The van der Waals surface area contributed by atoms with Crippen LogP contribution in [0.5, 0.6) is 11.5 Å². The van der Waals surface area contributed by atoms with E-state index in [1.54, 1.807) is 0 Å². The normalized spacial score (nSPS) is 18.4. The Hall–Kier alpha value is -2.00. The molecule has 1 unspecified atom stereocenters. The molecule has 25 heavy (non-hydrogen) atoms. The first-order valence-electron chi connectivity index (χ1n) is 7.34. The first-order chi connectivity index (χ1) is 11.8. The van der Waals surface area contributed by atoms with E-state index in [9.17, 15) is 18.0 Å². The summed E-state index contributed by atoms with van der Waals surface area (Å²) in [5, 5.41) is 2.79. The maximum atomic E-state index is 12.0. The number of halogens is 1. The van der Waals surface area contributed by atoms with E-state index in [-0.39, 0.29) is 28.6 Å². The zero-order chi connectivity index (χ0) is 18.6. The summed E-state index contributed by atoms with van der Waals surface area (Å²) in [6, 6.07) is 2.95. The van der Waals surface area contributed by atoms with Crippen LogP contribution in [0.15, 0.2) is 12.1 Å². The SMILES string of the molecule is COc1cc(OC)c(NC(=O)COC(=O)C2CCS(=O)(=O)C2)cc1Cl. The molecular formula is C15H18ClNO7S. The molecule has 1 N–H and O–H groups in total. The van der Waals surface area contributed by atoms with Crippen LogP contribution in [0.1, 0.15) is 6.42 Å². The van der Waals surface area contributed by atoms with Crippen LogP contribution in [0, 0.1) is 5.92 Å². The molecule has 2 rings (SSSR count). The van der Waals surface area contributed by atoms with Gasteiger partial charge in [-0.1, -0.05) is 11.6 Å². The van der Waals surface area contributed by atoms with E-state index in [2.05, 4.69) is 5.32 Å². The molecule has 1 amide bonds. The van der Waals surface area contributed by atoms with E-state index >= 15 is 0 Å². The van der Waals surface area contributed by atoms with Crippen LogP contribution in [-0.2, 0) is 24.2 Å². The molecule has 1 aromatic rings. The number of carbonyl (C=O) groups excluding carboxylic acids is 2. The highest BCUT2D eigenvalue weighted by Crippen LogP contribution is 2.35. The Morgan fingerprint density at radius 2 is 1.92 bits per heavy atom. The Kier molecular flexibility index (Phi) is 6.12. The van der Waals surface area contributed by atoms with Gasteiger partial charge in [-0.25, -0.2) is 8.42 Å². The summed E-state index contributed by atoms with van der Waals surface area (Å²) < 4.78 is 37.8. The lowest BCUT2D eigenvalue weighted by Gasteiger charge is -2.13. The number of anilines is 1. The van der Waals surface area contributed by atoms with Crippen LogP contribution in [0.3, 0.4) is 0 Å². The van der Waals surface area contributed by atoms with E-state index in [0.29, 0.717) is 11.5 Å². The standard InChI is InChI=1S/C15H18ClNO7S/c1-22-12-6-13(23-2)11(5-10(12)16)17-14(18)7-24-15(19)9-3-4-25(20,21)8-9/h5-6,9H,3-4,7-8H2,1-2H3,(H,17,18). The van der Waals surface area contributed by atoms with Crippen molar-refractivity contribution >= 4 is 39.0 Å². The average Bonchev–Trinajstić information content (AvgIpc) is 2.93. The number of esters is 1. The number of nitrogens with one attached hydrogen (secondary N) is 1. The topological polar surface area (TPSA) is 108 Å². The Labute approximate surface area is 150 Å². The first kappa shape index (κ1) is 19.3. The van der Waals surface area contributed by atoms with E-state index in [1.165, 1.54) is 26.4 Å². The van der Waals surface area contributed by atoms with Crippen molar-refractivity contribution in [2.75, 3.05) is 37.6 Å². The number of amides is 1. The maximum absolute atomic E-state index is 12.0. The molecular weight excluding hydrogens is 374 g/mol. The average molecular weight is 392 g/mol. The molecule has 1 aliphatic heterocycles. The summed E-state index contributed by atoms with van der Waals surface area (Å²) >= 11 is 6.01. The van der Waals surface area contributed by atoms with Crippen molar-refractivity contribution in [2.24, 2.45) is 5.92 Å². The number of hydrogen-bond acceptors (Lipinski definition) is 7. The molecule has 8 nitrogen and oxygen atoms in total. The Morgan fingerprint density at radius 3 is 2.48 bits per heavy atom. The monoisotopic (exact) mass is 391 g/mol. The Morgan fingerprint density at radius 1 is 1.24 bits per heavy atom. The van der Waals surface area contributed by atoms with Crippen molar-refractivity contribution in [1.82, 2.24) is 0 Å². The van der Waals surface area contributed by atoms with Crippen molar-refractivity contribution in [2.45, 2.75) is 6.42 Å². The Balaban J connectivity index is 1.94. The second-order valence-electron chi connectivity index (χ2n) is 5.44. The van der Waals surface area contributed by atoms with Crippen LogP contribution in [0.2, 0.25) is 5.02 Å². The van der Waals surface area contributed by atoms with E-state index < -0.39 is 34.2 Å². The van der Waals surface area contributed by atoms with Gasteiger partial charge in [-0.3, -0.25) is 9.59 Å². The van der Waals surface area contributed by atoms with E-state index in [0.717, 1.165) is 0 Å². The van der Waals surface area contributed by atoms with Gasteiger partial charge in [-0.15, -0.1) is 0 Å². The molecule has 0 radical (unpaired) electrons. The van der Waals surface area contributed by atoms with Gasteiger partial charge in [0.2, 0.25) is 0 Å². The lowest BCUT2D eigenvalue weighted by atomic mass is 10.1. The maximum Gasteiger partial charge on any atom is 0.310 e. The smallest absolute Gasteiger partial charge is 0.310 e. The molecule has 1 atom stereocenters. The first-order valence-corrected chi connectivity index (χ1v) is 9.54. The fourth-order valence-electron chi connectivity index (χ4n) is 2.38. The molecule has 0 aliphatic carbocycles. The van der Waals surface area contributed by atoms with Crippen molar-refractivity contribution < 1.29 is 32.2 Å². The molecule has 138 valence electrons. The second kappa shape index (κ2) is 7.92. The van der Waals surface area contributed by atoms with Gasteiger partial charge in [0.1, 0.15) is 11.5 Å². The Bertz CT molecular complexity index is 778. The minimum absolute atomic E-state index is 0.0412. The minimum Gasteiger partial charge on any atom is -0.495 e. The summed E-state index contributed by atoms with van der Waals surface area (Å²) in [5.41, 5.74) is 0.290. The van der Waals surface area contributed by atoms with Gasteiger partial charge in [0.25, 0.3) is 5.91 Å². The van der Waals surface area contributed by atoms with E-state index in [4.69, 9.17) is 25.8 Å². The van der Waals surface area contributed by atoms with Gasteiger partial charge < -0.3 is 19.5 Å². The highest BCUT2D eigenvalue weighted by atomic mass is 35.5. The van der Waals surface area contributed by atoms with Crippen molar-refractivity contribution in [3.05, 3.63) is 17.2 Å². The molecule has 1 fully saturated rings. The van der Waals surface area contributed by atoms with Gasteiger partial charge in [-0.2, -0.15) is 0 Å². The van der Waals surface area contributed by atoms with Crippen LogP contribution < -0.4 is 14.8 Å². The van der Waals surface area contributed by atoms with Crippen molar-refractivity contribution in [3.8, 4) is 11.5 Å². The highest BCUT2D eigenvalue weighted by molar-refractivity contribution is 7.91. The van der Waals surface area contributed by atoms with Gasteiger partial charge in [0, 0.05) is 6.07 Å². The second-order valence-corrected chi connectivity index (χ2v) is 8.08. The molecule has 1 heterocycles. The third-order valence-corrected chi connectivity index (χ3v) is 5.72. The van der Waals surface area contributed by atoms with Gasteiger partial charge in [0.05, 0.1) is 42.4 Å². The van der Waals surface area contributed by atoms with Crippen LogP contribution >= 0.6 is 11.6 Å². The van der Waals surface area contributed by atoms with Crippen molar-refractivity contribution in [1.29, 1.82) is 0 Å². The van der Waals surface area contributed by atoms with Crippen LogP contribution in [0.4, 0.5) is 5.69 Å². The van der Waals surface area contributed by atoms with Gasteiger partial charge in [-0.05, 0) is 12.5 Å². The van der Waals surface area contributed by atoms with Gasteiger partial charge >= 0.3 is 5.97 Å². The summed E-state index contributed by atoms with van der Waals surface area (Å²) in [4.78, 5) is 23.8. The third-order valence-electron chi connectivity index (χ3n) is 3.66. The number of hydrogen-bond donors (Lipinski definition) is 1. The largest absolute Gasteiger partial charge is 0.495 e. The third kappa shape index (κ3) is 4.99. The molecule has 1 aromatic carbocycles. The fraction of sp³-hybridized carbons (Fsp3) is 0.467.